The maximum absolute atomic E-state index is 12.7. The van der Waals surface area contributed by atoms with Gasteiger partial charge >= 0.3 is 6.18 Å². The van der Waals surface area contributed by atoms with Crippen LogP contribution >= 0.6 is 0 Å². The van der Waals surface area contributed by atoms with Crippen molar-refractivity contribution < 1.29 is 13.2 Å². The summed E-state index contributed by atoms with van der Waals surface area (Å²) >= 11 is 0. The van der Waals surface area contributed by atoms with Gasteiger partial charge in [-0.15, -0.1) is 0 Å². The highest BCUT2D eigenvalue weighted by Crippen LogP contribution is 2.31. The predicted molar refractivity (Wildman–Crippen MR) is 96.9 cm³/mol. The lowest BCUT2D eigenvalue weighted by Crippen LogP contribution is -2.16. The van der Waals surface area contributed by atoms with Crippen molar-refractivity contribution in [3.8, 4) is 11.1 Å². The van der Waals surface area contributed by atoms with E-state index in [0.717, 1.165) is 41.2 Å². The van der Waals surface area contributed by atoms with E-state index in [2.05, 4.69) is 16.8 Å². The molecule has 0 unspecified atom stereocenters. The minimum absolute atomic E-state index is 0.635. The topological polar surface area (TPSA) is 21.1 Å². The Morgan fingerprint density at radius 1 is 0.962 bits per heavy atom. The van der Waals surface area contributed by atoms with Crippen LogP contribution in [-0.4, -0.2) is 16.6 Å². The van der Waals surface area contributed by atoms with E-state index < -0.39 is 11.7 Å². The van der Waals surface area contributed by atoms with Crippen molar-refractivity contribution in [2.24, 2.45) is 0 Å². The smallest absolute Gasteiger partial charge is 0.369 e. The number of hydrogen-bond acceptors (Lipinski definition) is 2. The zero-order valence-corrected chi connectivity index (χ0v) is 14.7. The molecule has 3 aromatic rings. The van der Waals surface area contributed by atoms with Gasteiger partial charge in [-0.1, -0.05) is 24.3 Å². The van der Waals surface area contributed by atoms with Gasteiger partial charge in [-0.25, -0.2) is 4.98 Å². The fraction of sp³-hybridized carbons (Fsp3) is 0.250. The van der Waals surface area contributed by atoms with Crippen molar-refractivity contribution in [1.82, 2.24) is 9.55 Å². The lowest BCUT2D eigenvalue weighted by atomic mass is 10.0. The first-order valence-electron chi connectivity index (χ1n) is 8.36. The molecule has 2 aromatic carbocycles. The van der Waals surface area contributed by atoms with E-state index in [1.165, 1.54) is 12.1 Å². The largest absolute Gasteiger partial charge is 0.416 e. The van der Waals surface area contributed by atoms with E-state index in [4.69, 9.17) is 0 Å². The first-order chi connectivity index (χ1) is 12.4. The van der Waals surface area contributed by atoms with Crippen molar-refractivity contribution >= 4 is 5.69 Å². The predicted octanol–water partition coefficient (Wildman–Crippen LogP) is 5.23. The second-order valence-corrected chi connectivity index (χ2v) is 6.17. The maximum atomic E-state index is 12.7. The SMILES string of the molecule is CCn1cnc(CN(C)c2ccc(-c3ccc(C(F)(F)F)cc3)cc2)c1. The van der Waals surface area contributed by atoms with Crippen LogP contribution in [-0.2, 0) is 19.3 Å². The molecule has 3 nitrogen and oxygen atoms in total. The molecule has 26 heavy (non-hydrogen) atoms. The summed E-state index contributed by atoms with van der Waals surface area (Å²) in [6.07, 6.45) is -0.472. The summed E-state index contributed by atoms with van der Waals surface area (Å²) in [4.78, 5) is 6.46. The van der Waals surface area contributed by atoms with Gasteiger partial charge in [-0.3, -0.25) is 0 Å². The normalized spacial score (nSPS) is 11.6. The lowest BCUT2D eigenvalue weighted by molar-refractivity contribution is -0.137. The van der Waals surface area contributed by atoms with E-state index in [9.17, 15) is 13.2 Å². The average Bonchev–Trinajstić information content (AvgIpc) is 3.09. The Balaban J connectivity index is 1.71. The summed E-state index contributed by atoms with van der Waals surface area (Å²) in [5.74, 6) is 0. The average molecular weight is 359 g/mol. The Bertz CT molecular complexity index is 849. The highest BCUT2D eigenvalue weighted by atomic mass is 19.4. The zero-order chi connectivity index (χ0) is 18.7. The van der Waals surface area contributed by atoms with Gasteiger partial charge in [0.25, 0.3) is 0 Å². The number of hydrogen-bond donors (Lipinski definition) is 0. The van der Waals surface area contributed by atoms with Crippen LogP contribution in [0.1, 0.15) is 18.2 Å². The van der Waals surface area contributed by atoms with Crippen LogP contribution in [0.25, 0.3) is 11.1 Å². The molecule has 0 radical (unpaired) electrons. The van der Waals surface area contributed by atoms with Crippen molar-refractivity contribution in [2.45, 2.75) is 26.2 Å². The molecule has 0 aliphatic heterocycles. The number of rotatable bonds is 5. The molecular formula is C20H20F3N3. The summed E-state index contributed by atoms with van der Waals surface area (Å²) in [5, 5.41) is 0. The monoisotopic (exact) mass is 359 g/mol. The second kappa shape index (κ2) is 7.23. The molecule has 0 amide bonds. The molecular weight excluding hydrogens is 339 g/mol. The Hall–Kier alpha value is -2.76. The van der Waals surface area contributed by atoms with Gasteiger partial charge in [-0.05, 0) is 42.3 Å². The number of anilines is 1. The third-order valence-corrected chi connectivity index (χ3v) is 4.30. The van der Waals surface area contributed by atoms with Crippen LogP contribution in [0.5, 0.6) is 0 Å². The quantitative estimate of drug-likeness (QED) is 0.622. The van der Waals surface area contributed by atoms with Gasteiger partial charge in [0.15, 0.2) is 0 Å². The third-order valence-electron chi connectivity index (χ3n) is 4.30. The minimum atomic E-state index is -4.31. The van der Waals surface area contributed by atoms with Crippen LogP contribution in [0.15, 0.2) is 61.1 Å². The van der Waals surface area contributed by atoms with Gasteiger partial charge in [0, 0.05) is 25.5 Å². The molecule has 0 saturated heterocycles. The number of alkyl halides is 3. The standard InChI is InChI=1S/C20H20F3N3/c1-3-26-13-18(24-14-26)12-25(2)19-10-6-16(7-11-19)15-4-8-17(9-5-15)20(21,22)23/h4-11,13-14H,3,12H2,1-2H3. The van der Waals surface area contributed by atoms with E-state index in [-0.39, 0.29) is 0 Å². The molecule has 1 aromatic heterocycles. The molecule has 136 valence electrons. The maximum Gasteiger partial charge on any atom is 0.416 e. The number of aromatic nitrogens is 2. The number of nitrogens with zero attached hydrogens (tertiary/aromatic N) is 3. The summed E-state index contributed by atoms with van der Waals surface area (Å²) in [7, 11) is 1.98. The fourth-order valence-electron chi connectivity index (χ4n) is 2.76. The number of aryl methyl sites for hydroxylation is 1. The molecule has 3 rings (SSSR count). The minimum Gasteiger partial charge on any atom is -0.369 e. The van der Waals surface area contributed by atoms with Crippen molar-refractivity contribution in [3.63, 3.8) is 0 Å². The lowest BCUT2D eigenvalue weighted by Gasteiger charge is -2.18. The van der Waals surface area contributed by atoms with Crippen LogP contribution in [0.3, 0.4) is 0 Å². The molecule has 0 N–H and O–H groups in total. The van der Waals surface area contributed by atoms with Crippen molar-refractivity contribution in [1.29, 1.82) is 0 Å². The second-order valence-electron chi connectivity index (χ2n) is 6.17. The zero-order valence-electron chi connectivity index (χ0n) is 14.7. The molecule has 0 fully saturated rings. The Morgan fingerprint density at radius 2 is 1.54 bits per heavy atom. The van der Waals surface area contributed by atoms with Crippen LogP contribution in [0.2, 0.25) is 0 Å². The van der Waals surface area contributed by atoms with E-state index in [0.29, 0.717) is 6.54 Å². The highest BCUT2D eigenvalue weighted by molar-refractivity contribution is 5.66. The van der Waals surface area contributed by atoms with Crippen LogP contribution in [0.4, 0.5) is 18.9 Å². The fourth-order valence-corrected chi connectivity index (χ4v) is 2.76. The van der Waals surface area contributed by atoms with Gasteiger partial charge in [0.2, 0.25) is 0 Å². The van der Waals surface area contributed by atoms with Crippen molar-refractivity contribution in [3.05, 3.63) is 72.3 Å². The summed E-state index contributed by atoms with van der Waals surface area (Å²) < 4.78 is 40.0. The number of benzene rings is 2. The molecule has 0 atom stereocenters. The van der Waals surface area contributed by atoms with Crippen LogP contribution in [0, 0.1) is 0 Å². The van der Waals surface area contributed by atoms with E-state index in [1.54, 1.807) is 0 Å². The first-order valence-corrected chi connectivity index (χ1v) is 8.36. The third kappa shape index (κ3) is 4.07. The Labute approximate surface area is 150 Å². The van der Waals surface area contributed by atoms with Gasteiger partial charge in [0.05, 0.1) is 24.1 Å². The number of halogens is 3. The van der Waals surface area contributed by atoms with Crippen LogP contribution < -0.4 is 4.90 Å². The van der Waals surface area contributed by atoms with E-state index in [1.807, 2.05) is 48.4 Å². The molecule has 6 heteroatoms. The number of imidazole rings is 1. The van der Waals surface area contributed by atoms with Gasteiger partial charge in [-0.2, -0.15) is 13.2 Å². The van der Waals surface area contributed by atoms with Crippen molar-refractivity contribution in [2.75, 3.05) is 11.9 Å². The molecule has 0 spiro atoms. The van der Waals surface area contributed by atoms with Gasteiger partial charge in [0.1, 0.15) is 0 Å². The highest BCUT2D eigenvalue weighted by Gasteiger charge is 2.29. The Morgan fingerprint density at radius 3 is 2.04 bits per heavy atom. The molecule has 0 aliphatic carbocycles. The molecule has 1 heterocycles. The Kier molecular flexibility index (Phi) is 5.02. The molecule has 0 aliphatic rings. The summed E-state index contributed by atoms with van der Waals surface area (Å²) in [5.41, 5.74) is 3.01. The summed E-state index contributed by atoms with van der Waals surface area (Å²) in [6, 6.07) is 13.0. The summed E-state index contributed by atoms with van der Waals surface area (Å²) in [6.45, 7) is 3.64. The molecule has 0 saturated carbocycles. The van der Waals surface area contributed by atoms with Gasteiger partial charge < -0.3 is 9.47 Å². The first kappa shape index (κ1) is 18.0. The molecule has 0 bridgehead atoms. The van der Waals surface area contributed by atoms with E-state index >= 15 is 0 Å².